The van der Waals surface area contributed by atoms with Crippen LogP contribution < -0.4 is 0 Å². The second-order valence-corrected chi connectivity index (χ2v) is 7.79. The van der Waals surface area contributed by atoms with Gasteiger partial charge < -0.3 is 0 Å². The summed E-state index contributed by atoms with van der Waals surface area (Å²) in [6.45, 7) is 2.00. The highest BCUT2D eigenvalue weighted by atomic mass is 35.5. The molecule has 154 valence electrons. The van der Waals surface area contributed by atoms with E-state index in [-0.39, 0.29) is 5.52 Å². The summed E-state index contributed by atoms with van der Waals surface area (Å²) in [4.78, 5) is 4.33. The van der Waals surface area contributed by atoms with Gasteiger partial charge in [-0.15, -0.1) is 0 Å². The van der Waals surface area contributed by atoms with Gasteiger partial charge in [-0.2, -0.15) is 18.3 Å². The summed E-state index contributed by atoms with van der Waals surface area (Å²) in [6, 6.07) is 18.7. The van der Waals surface area contributed by atoms with Gasteiger partial charge in [0, 0.05) is 27.6 Å². The van der Waals surface area contributed by atoms with Gasteiger partial charge in [-0.3, -0.25) is 4.98 Å². The summed E-state index contributed by atoms with van der Waals surface area (Å²) in [7, 11) is 0. The second kappa shape index (κ2) is 7.10. The fraction of sp³-hybridized carbons (Fsp3) is 0.0833. The van der Waals surface area contributed by atoms with Crippen LogP contribution in [0.1, 0.15) is 11.1 Å². The van der Waals surface area contributed by atoms with Crippen LogP contribution >= 0.6 is 11.6 Å². The number of aromatic nitrogens is 3. The number of halogens is 4. The van der Waals surface area contributed by atoms with Crippen molar-refractivity contribution in [1.82, 2.24) is 14.8 Å². The van der Waals surface area contributed by atoms with Crippen LogP contribution in [0.15, 0.2) is 72.9 Å². The normalized spacial score (nSPS) is 12.0. The zero-order chi connectivity index (χ0) is 21.8. The molecule has 0 spiro atoms. The Balaban J connectivity index is 1.86. The van der Waals surface area contributed by atoms with Crippen molar-refractivity contribution < 1.29 is 13.2 Å². The van der Waals surface area contributed by atoms with Crippen molar-refractivity contribution in [2.24, 2.45) is 0 Å². The lowest BCUT2D eigenvalue weighted by atomic mass is 10.0. The fourth-order valence-corrected chi connectivity index (χ4v) is 3.86. The van der Waals surface area contributed by atoms with Crippen LogP contribution in [0.2, 0.25) is 5.02 Å². The molecule has 0 N–H and O–H groups in total. The smallest absolute Gasteiger partial charge is 0.255 e. The van der Waals surface area contributed by atoms with Crippen LogP contribution in [0.3, 0.4) is 0 Å². The molecule has 0 saturated carbocycles. The lowest BCUT2D eigenvalue weighted by molar-refractivity contribution is -0.137. The van der Waals surface area contributed by atoms with Gasteiger partial charge in [0.25, 0.3) is 0 Å². The molecule has 3 nitrogen and oxygen atoms in total. The molecule has 2 heterocycles. The van der Waals surface area contributed by atoms with Crippen LogP contribution in [0, 0.1) is 6.92 Å². The standard InChI is InChI=1S/C24H15ClF3N3/c1-14-5-7-15(8-6-14)22-20-13-29-21-11-16(24(26,27)28)9-10-19(21)23(20)31(30-22)18-4-2-3-17(25)12-18/h2-13H,1H3. The molecule has 0 bridgehead atoms. The van der Waals surface area contributed by atoms with E-state index in [2.05, 4.69) is 4.98 Å². The molecule has 0 fully saturated rings. The summed E-state index contributed by atoms with van der Waals surface area (Å²) >= 11 is 6.20. The first-order chi connectivity index (χ1) is 14.8. The Morgan fingerprint density at radius 1 is 0.903 bits per heavy atom. The maximum Gasteiger partial charge on any atom is 0.416 e. The predicted molar refractivity (Wildman–Crippen MR) is 117 cm³/mol. The predicted octanol–water partition coefficient (Wildman–Crippen LogP) is 7.22. The minimum atomic E-state index is -4.44. The average molecular weight is 438 g/mol. The van der Waals surface area contributed by atoms with Crippen molar-refractivity contribution in [2.75, 3.05) is 0 Å². The lowest BCUT2D eigenvalue weighted by Crippen LogP contribution is -2.04. The summed E-state index contributed by atoms with van der Waals surface area (Å²) in [5.74, 6) is 0. The summed E-state index contributed by atoms with van der Waals surface area (Å²) in [6.07, 6.45) is -2.86. The molecule has 0 aliphatic carbocycles. The Hall–Kier alpha value is -3.38. The molecule has 5 rings (SSSR count). The van der Waals surface area contributed by atoms with Crippen molar-refractivity contribution in [2.45, 2.75) is 13.1 Å². The molecule has 3 aromatic carbocycles. The third-order valence-corrected chi connectivity index (χ3v) is 5.45. The lowest BCUT2D eigenvalue weighted by Gasteiger charge is -2.09. The summed E-state index contributed by atoms with van der Waals surface area (Å²) in [5, 5.41) is 6.68. The second-order valence-electron chi connectivity index (χ2n) is 7.36. The van der Waals surface area contributed by atoms with Gasteiger partial charge in [0.1, 0.15) is 5.69 Å². The number of alkyl halides is 3. The van der Waals surface area contributed by atoms with Crippen LogP contribution in [0.4, 0.5) is 13.2 Å². The molecular formula is C24H15ClF3N3. The van der Waals surface area contributed by atoms with Gasteiger partial charge in [0.15, 0.2) is 0 Å². The van der Waals surface area contributed by atoms with E-state index in [1.54, 1.807) is 23.0 Å². The van der Waals surface area contributed by atoms with Crippen molar-refractivity contribution in [3.05, 3.63) is 89.1 Å². The van der Waals surface area contributed by atoms with Crippen molar-refractivity contribution in [1.29, 1.82) is 0 Å². The molecule has 0 saturated heterocycles. The van der Waals surface area contributed by atoms with Crippen molar-refractivity contribution in [3.8, 4) is 16.9 Å². The van der Waals surface area contributed by atoms with Crippen LogP contribution in [-0.4, -0.2) is 14.8 Å². The molecule has 0 aliphatic heterocycles. The summed E-state index contributed by atoms with van der Waals surface area (Å²) < 4.78 is 41.4. The van der Waals surface area contributed by atoms with E-state index in [1.165, 1.54) is 6.07 Å². The van der Waals surface area contributed by atoms with Gasteiger partial charge in [-0.25, -0.2) is 4.68 Å². The van der Waals surface area contributed by atoms with Crippen LogP contribution in [-0.2, 0) is 6.18 Å². The molecule has 7 heteroatoms. The first kappa shape index (κ1) is 19.6. The molecule has 0 unspecified atom stereocenters. The van der Waals surface area contributed by atoms with Gasteiger partial charge in [-0.05, 0) is 37.3 Å². The first-order valence-corrected chi connectivity index (χ1v) is 9.91. The molecular weight excluding hydrogens is 423 g/mol. The molecule has 0 amide bonds. The number of fused-ring (bicyclic) bond motifs is 3. The molecule has 0 atom stereocenters. The third-order valence-electron chi connectivity index (χ3n) is 5.21. The van der Waals surface area contributed by atoms with Gasteiger partial charge >= 0.3 is 6.18 Å². The maximum absolute atomic E-state index is 13.2. The molecule has 0 aliphatic rings. The zero-order valence-corrected chi connectivity index (χ0v) is 17.0. The Bertz CT molecular complexity index is 1440. The number of hydrogen-bond acceptors (Lipinski definition) is 2. The van der Waals surface area contributed by atoms with E-state index in [0.29, 0.717) is 27.3 Å². The van der Waals surface area contributed by atoms with E-state index in [9.17, 15) is 13.2 Å². The largest absolute Gasteiger partial charge is 0.416 e. The molecule has 31 heavy (non-hydrogen) atoms. The van der Waals surface area contributed by atoms with Crippen LogP contribution in [0.25, 0.3) is 38.8 Å². The Morgan fingerprint density at radius 3 is 2.39 bits per heavy atom. The number of aryl methyl sites for hydroxylation is 1. The number of hydrogen-bond donors (Lipinski definition) is 0. The van der Waals surface area contributed by atoms with Crippen molar-refractivity contribution >= 4 is 33.4 Å². The monoisotopic (exact) mass is 437 g/mol. The topological polar surface area (TPSA) is 30.7 Å². The van der Waals surface area contributed by atoms with E-state index in [4.69, 9.17) is 16.7 Å². The molecule has 0 radical (unpaired) electrons. The zero-order valence-electron chi connectivity index (χ0n) is 16.3. The Kier molecular flexibility index (Phi) is 4.48. The quantitative estimate of drug-likeness (QED) is 0.292. The van der Waals surface area contributed by atoms with E-state index < -0.39 is 11.7 Å². The van der Waals surface area contributed by atoms with Crippen molar-refractivity contribution in [3.63, 3.8) is 0 Å². The average Bonchev–Trinajstić information content (AvgIpc) is 3.13. The number of pyridine rings is 1. The Morgan fingerprint density at radius 2 is 1.68 bits per heavy atom. The highest BCUT2D eigenvalue weighted by Crippen LogP contribution is 2.36. The fourth-order valence-electron chi connectivity index (χ4n) is 3.68. The number of rotatable bonds is 2. The molecule has 5 aromatic rings. The number of nitrogens with zero attached hydrogens (tertiary/aromatic N) is 3. The third kappa shape index (κ3) is 3.43. The van der Waals surface area contributed by atoms with Gasteiger partial charge in [-0.1, -0.05) is 53.6 Å². The van der Waals surface area contributed by atoms with E-state index >= 15 is 0 Å². The van der Waals surface area contributed by atoms with E-state index in [0.717, 1.165) is 28.6 Å². The SMILES string of the molecule is Cc1ccc(-c2nn(-c3cccc(Cl)c3)c3c2cnc2cc(C(F)(F)F)ccc23)cc1. The number of benzene rings is 3. The minimum Gasteiger partial charge on any atom is -0.255 e. The van der Waals surface area contributed by atoms with Gasteiger partial charge in [0.05, 0.1) is 22.3 Å². The maximum atomic E-state index is 13.2. The van der Waals surface area contributed by atoms with Gasteiger partial charge in [0.2, 0.25) is 0 Å². The summed E-state index contributed by atoms with van der Waals surface area (Å²) in [5.41, 5.74) is 3.61. The van der Waals surface area contributed by atoms with E-state index in [1.807, 2.05) is 43.3 Å². The molecule has 2 aromatic heterocycles. The van der Waals surface area contributed by atoms with Crippen LogP contribution in [0.5, 0.6) is 0 Å². The Labute approximate surface area is 180 Å². The minimum absolute atomic E-state index is 0.251. The highest BCUT2D eigenvalue weighted by molar-refractivity contribution is 6.30. The first-order valence-electron chi connectivity index (χ1n) is 9.53. The highest BCUT2D eigenvalue weighted by Gasteiger charge is 2.31.